The second kappa shape index (κ2) is 4.87. The normalized spacial score (nSPS) is 10.2. The lowest BCUT2D eigenvalue weighted by molar-refractivity contribution is 0.360. The van der Waals surface area contributed by atoms with Crippen LogP contribution in [0.25, 0.3) is 0 Å². The summed E-state index contributed by atoms with van der Waals surface area (Å²) in [5.41, 5.74) is 7.61. The topological polar surface area (TPSA) is 83.2 Å². The highest BCUT2D eigenvalue weighted by molar-refractivity contribution is 5.38. The molecule has 94 valence electrons. The minimum atomic E-state index is 0.0576. The maximum absolute atomic E-state index is 5.59. The number of ether oxygens (including phenoxy) is 2. The Bertz CT molecular complexity index is 572. The number of anilines is 1. The van der Waals surface area contributed by atoms with E-state index in [2.05, 4.69) is 15.0 Å². The van der Waals surface area contributed by atoms with Gasteiger partial charge in [0.2, 0.25) is 5.95 Å². The highest BCUT2D eigenvalue weighted by atomic mass is 16.5. The van der Waals surface area contributed by atoms with Crippen LogP contribution in [0.1, 0.15) is 11.1 Å². The molecule has 0 fully saturated rings. The van der Waals surface area contributed by atoms with Crippen LogP contribution in [0.5, 0.6) is 17.8 Å². The molecule has 0 amide bonds. The maximum atomic E-state index is 5.59. The molecule has 2 rings (SSSR count). The van der Waals surface area contributed by atoms with E-state index >= 15 is 0 Å². The molecule has 0 saturated heterocycles. The summed E-state index contributed by atoms with van der Waals surface area (Å²) in [6.07, 6.45) is 0. The molecule has 1 aromatic carbocycles. The van der Waals surface area contributed by atoms with E-state index in [4.69, 9.17) is 15.2 Å². The lowest BCUT2D eigenvalue weighted by Gasteiger charge is -2.08. The van der Waals surface area contributed by atoms with Crippen LogP contribution < -0.4 is 15.2 Å². The van der Waals surface area contributed by atoms with Gasteiger partial charge in [0.15, 0.2) is 0 Å². The lowest BCUT2D eigenvalue weighted by Crippen LogP contribution is -2.03. The van der Waals surface area contributed by atoms with Crippen LogP contribution in [-0.2, 0) is 0 Å². The van der Waals surface area contributed by atoms with Crippen LogP contribution in [0.2, 0.25) is 0 Å². The van der Waals surface area contributed by atoms with Gasteiger partial charge in [-0.3, -0.25) is 0 Å². The van der Waals surface area contributed by atoms with Crippen molar-refractivity contribution >= 4 is 5.95 Å². The fourth-order valence-electron chi connectivity index (χ4n) is 1.41. The number of hydrogen-bond acceptors (Lipinski definition) is 6. The fraction of sp³-hybridized carbons (Fsp3) is 0.250. The molecule has 0 saturated carbocycles. The molecule has 0 atom stereocenters. The van der Waals surface area contributed by atoms with Crippen molar-refractivity contribution in [2.24, 2.45) is 0 Å². The predicted octanol–water partition coefficient (Wildman–Crippen LogP) is 1.87. The number of aromatic nitrogens is 3. The summed E-state index contributed by atoms with van der Waals surface area (Å²) in [5.74, 6) is 0.741. The van der Waals surface area contributed by atoms with Crippen LogP contribution >= 0.6 is 0 Å². The number of benzene rings is 1. The Balaban J connectivity index is 2.33. The first-order valence-corrected chi connectivity index (χ1v) is 5.39. The van der Waals surface area contributed by atoms with Crippen LogP contribution in [0.15, 0.2) is 18.2 Å². The molecule has 6 nitrogen and oxygen atoms in total. The summed E-state index contributed by atoms with van der Waals surface area (Å²) in [6.45, 7) is 3.92. The summed E-state index contributed by atoms with van der Waals surface area (Å²) < 4.78 is 10.5. The first-order valence-electron chi connectivity index (χ1n) is 5.39. The van der Waals surface area contributed by atoms with Crippen molar-refractivity contribution in [2.45, 2.75) is 13.8 Å². The minimum absolute atomic E-state index is 0.0576. The number of nitrogen functional groups attached to an aromatic ring is 1. The van der Waals surface area contributed by atoms with E-state index < -0.39 is 0 Å². The molecular weight excluding hydrogens is 232 g/mol. The summed E-state index contributed by atoms with van der Waals surface area (Å²) in [4.78, 5) is 11.7. The molecule has 2 aromatic rings. The quantitative estimate of drug-likeness (QED) is 0.890. The van der Waals surface area contributed by atoms with E-state index in [1.165, 1.54) is 7.11 Å². The van der Waals surface area contributed by atoms with E-state index in [9.17, 15) is 0 Å². The summed E-state index contributed by atoms with van der Waals surface area (Å²) >= 11 is 0. The van der Waals surface area contributed by atoms with Gasteiger partial charge in [-0.15, -0.1) is 4.98 Å². The average Bonchev–Trinajstić information content (AvgIpc) is 2.33. The van der Waals surface area contributed by atoms with Crippen LogP contribution in [0.3, 0.4) is 0 Å². The van der Waals surface area contributed by atoms with Gasteiger partial charge in [-0.05, 0) is 31.0 Å². The molecule has 0 unspecified atom stereocenters. The second-order valence-corrected chi connectivity index (χ2v) is 3.83. The second-order valence-electron chi connectivity index (χ2n) is 3.83. The SMILES string of the molecule is COc1nc(N)nc(Oc2cc(C)ccc2C)n1. The summed E-state index contributed by atoms with van der Waals surface area (Å²) in [6, 6.07) is 6.12. The molecule has 0 aliphatic carbocycles. The monoisotopic (exact) mass is 246 g/mol. The molecule has 2 N–H and O–H groups in total. The largest absolute Gasteiger partial charge is 0.467 e. The van der Waals surface area contributed by atoms with Crippen molar-refractivity contribution in [1.29, 1.82) is 0 Å². The molecule has 18 heavy (non-hydrogen) atoms. The third-order valence-corrected chi connectivity index (χ3v) is 2.34. The van der Waals surface area contributed by atoms with Crippen molar-refractivity contribution in [3.05, 3.63) is 29.3 Å². The Morgan fingerprint density at radius 2 is 1.78 bits per heavy atom. The summed E-state index contributed by atoms with van der Waals surface area (Å²) in [7, 11) is 1.45. The molecule has 1 heterocycles. The maximum Gasteiger partial charge on any atom is 0.330 e. The van der Waals surface area contributed by atoms with E-state index in [0.717, 1.165) is 11.1 Å². The van der Waals surface area contributed by atoms with Crippen molar-refractivity contribution in [3.8, 4) is 17.8 Å². The predicted molar refractivity (Wildman–Crippen MR) is 66.8 cm³/mol. The molecule has 1 aromatic heterocycles. The highest BCUT2D eigenvalue weighted by Gasteiger charge is 2.08. The van der Waals surface area contributed by atoms with Gasteiger partial charge in [0.1, 0.15) is 5.75 Å². The molecule has 0 spiro atoms. The van der Waals surface area contributed by atoms with Gasteiger partial charge in [-0.25, -0.2) is 0 Å². The number of nitrogens with zero attached hydrogens (tertiary/aromatic N) is 3. The Hall–Kier alpha value is -2.37. The standard InChI is InChI=1S/C12H14N4O2/c1-7-4-5-8(2)9(6-7)18-12-15-10(13)14-11(16-12)17-3/h4-6H,1-3H3,(H2,13,14,15,16). The van der Waals surface area contributed by atoms with E-state index in [1.807, 2.05) is 32.0 Å². The third-order valence-electron chi connectivity index (χ3n) is 2.34. The first kappa shape index (κ1) is 12.1. The van der Waals surface area contributed by atoms with Gasteiger partial charge in [0, 0.05) is 0 Å². The van der Waals surface area contributed by atoms with E-state index in [0.29, 0.717) is 5.75 Å². The Morgan fingerprint density at radius 1 is 1.06 bits per heavy atom. The lowest BCUT2D eigenvalue weighted by atomic mass is 10.1. The number of hydrogen-bond donors (Lipinski definition) is 1. The molecular formula is C12H14N4O2. The van der Waals surface area contributed by atoms with Gasteiger partial charge in [-0.2, -0.15) is 9.97 Å². The average molecular weight is 246 g/mol. The first-order chi connectivity index (χ1) is 8.58. The molecule has 0 aliphatic rings. The van der Waals surface area contributed by atoms with Gasteiger partial charge in [0.25, 0.3) is 0 Å². The molecule has 0 bridgehead atoms. The van der Waals surface area contributed by atoms with Gasteiger partial charge in [0.05, 0.1) is 7.11 Å². The smallest absolute Gasteiger partial charge is 0.330 e. The summed E-state index contributed by atoms with van der Waals surface area (Å²) in [5, 5.41) is 0. The highest BCUT2D eigenvalue weighted by Crippen LogP contribution is 2.24. The molecule has 0 radical (unpaired) electrons. The van der Waals surface area contributed by atoms with Gasteiger partial charge < -0.3 is 15.2 Å². The third kappa shape index (κ3) is 2.65. The van der Waals surface area contributed by atoms with Gasteiger partial charge >= 0.3 is 12.0 Å². The van der Waals surface area contributed by atoms with Crippen molar-refractivity contribution < 1.29 is 9.47 Å². The number of nitrogens with two attached hydrogens (primary N) is 1. The number of methoxy groups -OCH3 is 1. The fourth-order valence-corrected chi connectivity index (χ4v) is 1.41. The number of rotatable bonds is 3. The van der Waals surface area contributed by atoms with Crippen LogP contribution in [-0.4, -0.2) is 22.1 Å². The van der Waals surface area contributed by atoms with Crippen molar-refractivity contribution in [1.82, 2.24) is 15.0 Å². The Labute approximate surface area is 105 Å². The number of aryl methyl sites for hydroxylation is 2. The zero-order valence-electron chi connectivity index (χ0n) is 10.5. The molecule has 6 heteroatoms. The van der Waals surface area contributed by atoms with E-state index in [1.54, 1.807) is 0 Å². The van der Waals surface area contributed by atoms with Crippen LogP contribution in [0, 0.1) is 13.8 Å². The molecule has 0 aliphatic heterocycles. The van der Waals surface area contributed by atoms with Crippen molar-refractivity contribution in [3.63, 3.8) is 0 Å². The van der Waals surface area contributed by atoms with Crippen molar-refractivity contribution in [2.75, 3.05) is 12.8 Å². The van der Waals surface area contributed by atoms with E-state index in [-0.39, 0.29) is 18.0 Å². The van der Waals surface area contributed by atoms with Gasteiger partial charge in [-0.1, -0.05) is 12.1 Å². The Kier molecular flexibility index (Phi) is 3.27. The zero-order chi connectivity index (χ0) is 13.1. The minimum Gasteiger partial charge on any atom is -0.467 e. The Morgan fingerprint density at radius 3 is 2.50 bits per heavy atom. The zero-order valence-corrected chi connectivity index (χ0v) is 10.5. The van der Waals surface area contributed by atoms with Crippen LogP contribution in [0.4, 0.5) is 5.95 Å².